The van der Waals surface area contributed by atoms with E-state index in [2.05, 4.69) is 27.5 Å². The Morgan fingerprint density at radius 2 is 2.11 bits per heavy atom. The van der Waals surface area contributed by atoms with Crippen molar-refractivity contribution in [2.45, 2.75) is 33.1 Å². The van der Waals surface area contributed by atoms with E-state index in [1.165, 1.54) is 6.33 Å². The fraction of sp³-hybridized carbons (Fsp3) is 0.583. The fourth-order valence-corrected chi connectivity index (χ4v) is 1.73. The average molecular weight is 271 g/mol. The minimum Gasteiger partial charge on any atom is -0.361 e. The number of rotatable bonds is 7. The van der Waals surface area contributed by atoms with E-state index in [9.17, 15) is 4.79 Å². The Bertz CT molecular complexity index is 398. The molecule has 1 heterocycles. The fourth-order valence-electron chi connectivity index (χ4n) is 1.51. The quantitative estimate of drug-likeness (QED) is 0.744. The molecule has 0 saturated carbocycles. The number of carbonyl (C=O) groups excluding carboxylic acids is 1. The number of halogens is 1. The summed E-state index contributed by atoms with van der Waals surface area (Å²) in [5.74, 6) is 0.595. The molecular formula is C12H19ClN4O. The lowest BCUT2D eigenvalue weighted by Gasteiger charge is -2.11. The molecule has 100 valence electrons. The van der Waals surface area contributed by atoms with Crippen LogP contribution in [0.2, 0.25) is 5.15 Å². The van der Waals surface area contributed by atoms with Crippen LogP contribution in [0.3, 0.4) is 0 Å². The maximum absolute atomic E-state index is 11.5. The Kier molecular flexibility index (Phi) is 6.43. The predicted molar refractivity (Wildman–Crippen MR) is 72.8 cm³/mol. The Morgan fingerprint density at radius 1 is 1.33 bits per heavy atom. The summed E-state index contributed by atoms with van der Waals surface area (Å²) in [5.41, 5.74) is 0.866. The van der Waals surface area contributed by atoms with Crippen LogP contribution in [0.15, 0.2) is 6.33 Å². The third-order valence-corrected chi connectivity index (χ3v) is 2.71. The van der Waals surface area contributed by atoms with E-state index >= 15 is 0 Å². The first kappa shape index (κ1) is 14.7. The molecule has 1 amide bonds. The topological polar surface area (TPSA) is 66.9 Å². The maximum atomic E-state index is 11.5. The minimum absolute atomic E-state index is 0.0472. The molecule has 5 nitrogen and oxygen atoms in total. The Hall–Kier alpha value is -1.36. The van der Waals surface area contributed by atoms with Gasteiger partial charge in [-0.05, 0) is 12.8 Å². The highest BCUT2D eigenvalue weighted by molar-refractivity contribution is 6.30. The van der Waals surface area contributed by atoms with Crippen molar-refractivity contribution in [1.82, 2.24) is 15.3 Å². The molecule has 0 unspecified atom stereocenters. The van der Waals surface area contributed by atoms with Crippen molar-refractivity contribution in [2.75, 3.05) is 18.4 Å². The average Bonchev–Trinajstić information content (AvgIpc) is 2.37. The summed E-state index contributed by atoms with van der Waals surface area (Å²) in [5, 5.41) is 6.24. The van der Waals surface area contributed by atoms with E-state index in [4.69, 9.17) is 11.6 Å². The standard InChI is InChI=1S/C12H19ClN4O/c1-3-5-9-11(13)16-8-17-12(9)15-7-10(18)14-6-4-2/h8H,3-7H2,1-2H3,(H,14,18)(H,15,16,17). The van der Waals surface area contributed by atoms with Crippen LogP contribution in [0.4, 0.5) is 5.82 Å². The van der Waals surface area contributed by atoms with Gasteiger partial charge in [0.2, 0.25) is 5.91 Å². The van der Waals surface area contributed by atoms with Crippen molar-refractivity contribution in [2.24, 2.45) is 0 Å². The highest BCUT2D eigenvalue weighted by Gasteiger charge is 2.09. The van der Waals surface area contributed by atoms with Gasteiger partial charge in [-0.25, -0.2) is 9.97 Å². The number of nitrogens with one attached hydrogen (secondary N) is 2. The molecular weight excluding hydrogens is 252 g/mol. The van der Waals surface area contributed by atoms with Gasteiger partial charge in [0.15, 0.2) is 0 Å². The molecule has 0 saturated heterocycles. The summed E-state index contributed by atoms with van der Waals surface area (Å²) in [6.07, 6.45) is 4.06. The lowest BCUT2D eigenvalue weighted by Crippen LogP contribution is -2.30. The van der Waals surface area contributed by atoms with E-state index in [1.54, 1.807) is 0 Å². The monoisotopic (exact) mass is 270 g/mol. The van der Waals surface area contributed by atoms with Crippen molar-refractivity contribution in [3.8, 4) is 0 Å². The van der Waals surface area contributed by atoms with E-state index in [1.807, 2.05) is 6.92 Å². The van der Waals surface area contributed by atoms with Crippen molar-refractivity contribution in [3.63, 3.8) is 0 Å². The molecule has 0 aliphatic rings. The van der Waals surface area contributed by atoms with Crippen LogP contribution in [0, 0.1) is 0 Å². The van der Waals surface area contributed by atoms with Crippen LogP contribution >= 0.6 is 11.6 Å². The van der Waals surface area contributed by atoms with E-state index in [0.29, 0.717) is 17.5 Å². The van der Waals surface area contributed by atoms with Crippen LogP contribution < -0.4 is 10.6 Å². The number of amides is 1. The maximum Gasteiger partial charge on any atom is 0.239 e. The highest BCUT2D eigenvalue weighted by atomic mass is 35.5. The SMILES string of the molecule is CCCNC(=O)CNc1ncnc(Cl)c1CCC. The number of anilines is 1. The first-order valence-electron chi connectivity index (χ1n) is 6.19. The van der Waals surface area contributed by atoms with Gasteiger partial charge in [-0.3, -0.25) is 4.79 Å². The van der Waals surface area contributed by atoms with Crippen LogP contribution in [-0.2, 0) is 11.2 Å². The van der Waals surface area contributed by atoms with Crippen molar-refractivity contribution in [1.29, 1.82) is 0 Å². The van der Waals surface area contributed by atoms with E-state index in [-0.39, 0.29) is 12.5 Å². The molecule has 1 aromatic rings. The van der Waals surface area contributed by atoms with Gasteiger partial charge >= 0.3 is 0 Å². The zero-order valence-corrected chi connectivity index (χ0v) is 11.5. The molecule has 0 radical (unpaired) electrons. The normalized spacial score (nSPS) is 10.2. The number of hydrogen-bond acceptors (Lipinski definition) is 4. The van der Waals surface area contributed by atoms with Crippen LogP contribution in [0.1, 0.15) is 32.3 Å². The van der Waals surface area contributed by atoms with Crippen LogP contribution in [0.25, 0.3) is 0 Å². The summed E-state index contributed by atoms with van der Waals surface area (Å²) in [7, 11) is 0. The highest BCUT2D eigenvalue weighted by Crippen LogP contribution is 2.20. The molecule has 0 fully saturated rings. The van der Waals surface area contributed by atoms with Gasteiger partial charge in [0.1, 0.15) is 17.3 Å². The van der Waals surface area contributed by atoms with Gasteiger partial charge in [0.05, 0.1) is 6.54 Å². The van der Waals surface area contributed by atoms with Gasteiger partial charge in [0.25, 0.3) is 0 Å². The Labute approximate surface area is 112 Å². The molecule has 2 N–H and O–H groups in total. The molecule has 0 aliphatic carbocycles. The number of aromatic nitrogens is 2. The molecule has 0 spiro atoms. The number of carbonyl (C=O) groups is 1. The van der Waals surface area contributed by atoms with Gasteiger partial charge in [0, 0.05) is 12.1 Å². The second-order valence-electron chi connectivity index (χ2n) is 3.95. The zero-order chi connectivity index (χ0) is 13.4. The molecule has 6 heteroatoms. The molecule has 18 heavy (non-hydrogen) atoms. The van der Waals surface area contributed by atoms with Gasteiger partial charge in [-0.1, -0.05) is 31.9 Å². The van der Waals surface area contributed by atoms with E-state index < -0.39 is 0 Å². The predicted octanol–water partition coefficient (Wildman–Crippen LogP) is 2.02. The first-order valence-corrected chi connectivity index (χ1v) is 6.56. The molecule has 0 bridgehead atoms. The van der Waals surface area contributed by atoms with E-state index in [0.717, 1.165) is 24.8 Å². The van der Waals surface area contributed by atoms with Crippen molar-refractivity contribution >= 4 is 23.3 Å². The second-order valence-corrected chi connectivity index (χ2v) is 4.30. The Balaban J connectivity index is 2.61. The molecule has 0 aliphatic heterocycles. The summed E-state index contributed by atoms with van der Waals surface area (Å²) < 4.78 is 0. The zero-order valence-electron chi connectivity index (χ0n) is 10.8. The van der Waals surface area contributed by atoms with Crippen LogP contribution in [0.5, 0.6) is 0 Å². The minimum atomic E-state index is -0.0472. The summed E-state index contributed by atoms with van der Waals surface area (Å²) in [6, 6.07) is 0. The van der Waals surface area contributed by atoms with Gasteiger partial charge < -0.3 is 10.6 Å². The van der Waals surface area contributed by atoms with Gasteiger partial charge in [-0.15, -0.1) is 0 Å². The summed E-state index contributed by atoms with van der Waals surface area (Å²) in [4.78, 5) is 19.6. The first-order chi connectivity index (χ1) is 8.69. The van der Waals surface area contributed by atoms with Crippen molar-refractivity contribution < 1.29 is 4.79 Å². The lowest BCUT2D eigenvalue weighted by molar-refractivity contribution is -0.119. The molecule has 1 rings (SSSR count). The van der Waals surface area contributed by atoms with Crippen LogP contribution in [-0.4, -0.2) is 29.0 Å². The summed E-state index contributed by atoms with van der Waals surface area (Å²) in [6.45, 7) is 4.95. The number of nitrogens with zero attached hydrogens (tertiary/aromatic N) is 2. The van der Waals surface area contributed by atoms with Gasteiger partial charge in [-0.2, -0.15) is 0 Å². The molecule has 0 aromatic carbocycles. The summed E-state index contributed by atoms with van der Waals surface area (Å²) >= 11 is 6.02. The Morgan fingerprint density at radius 3 is 2.78 bits per heavy atom. The third kappa shape index (κ3) is 4.49. The molecule has 0 atom stereocenters. The molecule has 1 aromatic heterocycles. The smallest absolute Gasteiger partial charge is 0.239 e. The number of hydrogen-bond donors (Lipinski definition) is 2. The van der Waals surface area contributed by atoms with Crippen molar-refractivity contribution in [3.05, 3.63) is 17.0 Å². The third-order valence-electron chi connectivity index (χ3n) is 2.38. The lowest BCUT2D eigenvalue weighted by atomic mass is 10.2. The largest absolute Gasteiger partial charge is 0.361 e. The second kappa shape index (κ2) is 7.87.